The van der Waals surface area contributed by atoms with Crippen molar-refractivity contribution in [3.05, 3.63) is 12.2 Å². The first-order valence-electron chi connectivity index (χ1n) is 4.43. The molecule has 1 fully saturated rings. The average molecular weight is 196 g/mol. The molecule has 0 aromatic rings. The highest BCUT2D eigenvalue weighted by molar-refractivity contribution is 6.32. The molecule has 0 bridgehead atoms. The first kappa shape index (κ1) is 10.4. The SMILES string of the molecule is CC/C=C/C(=O)/C=N/N1CCOC1=O. The number of amides is 1. The van der Waals surface area contributed by atoms with E-state index in [0.717, 1.165) is 17.6 Å². The maximum absolute atomic E-state index is 11.1. The minimum Gasteiger partial charge on any atom is -0.446 e. The molecule has 0 unspecified atom stereocenters. The highest BCUT2D eigenvalue weighted by atomic mass is 16.6. The van der Waals surface area contributed by atoms with E-state index in [9.17, 15) is 9.59 Å². The second-order valence-corrected chi connectivity index (χ2v) is 2.70. The molecule has 1 amide bonds. The molecular formula is C9H12N2O3. The molecule has 0 radical (unpaired) electrons. The zero-order valence-corrected chi connectivity index (χ0v) is 7.97. The maximum Gasteiger partial charge on any atom is 0.430 e. The van der Waals surface area contributed by atoms with Crippen molar-refractivity contribution >= 4 is 18.1 Å². The lowest BCUT2D eigenvalue weighted by molar-refractivity contribution is -0.108. The van der Waals surface area contributed by atoms with Crippen molar-refractivity contribution in [1.29, 1.82) is 0 Å². The van der Waals surface area contributed by atoms with Gasteiger partial charge in [0.1, 0.15) is 6.61 Å². The van der Waals surface area contributed by atoms with E-state index in [2.05, 4.69) is 9.84 Å². The van der Waals surface area contributed by atoms with Crippen LogP contribution in [0.3, 0.4) is 0 Å². The van der Waals surface area contributed by atoms with Gasteiger partial charge in [-0.15, -0.1) is 0 Å². The first-order valence-corrected chi connectivity index (χ1v) is 4.43. The molecule has 14 heavy (non-hydrogen) atoms. The highest BCUT2D eigenvalue weighted by Crippen LogP contribution is 2.02. The van der Waals surface area contributed by atoms with Gasteiger partial charge in [0.05, 0.1) is 12.8 Å². The largest absolute Gasteiger partial charge is 0.446 e. The van der Waals surface area contributed by atoms with E-state index in [1.807, 2.05) is 6.92 Å². The summed E-state index contributed by atoms with van der Waals surface area (Å²) < 4.78 is 4.62. The van der Waals surface area contributed by atoms with Gasteiger partial charge in [0.15, 0.2) is 5.78 Å². The van der Waals surface area contributed by atoms with Gasteiger partial charge >= 0.3 is 6.09 Å². The normalized spacial score (nSPS) is 16.9. The first-order chi connectivity index (χ1) is 6.74. The molecule has 0 aromatic heterocycles. The number of carbonyl (C=O) groups is 2. The van der Waals surface area contributed by atoms with E-state index in [4.69, 9.17) is 0 Å². The quantitative estimate of drug-likeness (QED) is 0.497. The van der Waals surface area contributed by atoms with Gasteiger partial charge in [-0.25, -0.2) is 4.79 Å². The van der Waals surface area contributed by atoms with E-state index in [0.29, 0.717) is 13.2 Å². The second kappa shape index (κ2) is 5.16. The van der Waals surface area contributed by atoms with Gasteiger partial charge in [-0.2, -0.15) is 10.1 Å². The molecule has 1 rings (SSSR count). The summed E-state index contributed by atoms with van der Waals surface area (Å²) in [5.41, 5.74) is 0. The fourth-order valence-electron chi connectivity index (χ4n) is 0.894. The van der Waals surface area contributed by atoms with E-state index in [-0.39, 0.29) is 5.78 Å². The van der Waals surface area contributed by atoms with Gasteiger partial charge in [0.25, 0.3) is 0 Å². The van der Waals surface area contributed by atoms with Crippen LogP contribution < -0.4 is 0 Å². The van der Waals surface area contributed by atoms with Crippen LogP contribution in [-0.2, 0) is 9.53 Å². The smallest absolute Gasteiger partial charge is 0.430 e. The summed E-state index contributed by atoms with van der Waals surface area (Å²) in [4.78, 5) is 21.9. The zero-order valence-electron chi connectivity index (χ0n) is 7.97. The van der Waals surface area contributed by atoms with Crippen LogP contribution >= 0.6 is 0 Å². The molecular weight excluding hydrogens is 184 g/mol. The van der Waals surface area contributed by atoms with Gasteiger partial charge < -0.3 is 4.74 Å². The van der Waals surface area contributed by atoms with E-state index in [1.54, 1.807) is 6.08 Å². The highest BCUT2D eigenvalue weighted by Gasteiger charge is 2.20. The number of carbonyl (C=O) groups excluding carboxylic acids is 2. The van der Waals surface area contributed by atoms with Crippen LogP contribution in [0, 0.1) is 0 Å². The van der Waals surface area contributed by atoms with Crippen LogP contribution in [0.5, 0.6) is 0 Å². The van der Waals surface area contributed by atoms with Crippen LogP contribution in [0.4, 0.5) is 4.79 Å². The number of hydrogen-bond acceptors (Lipinski definition) is 4. The number of ketones is 1. The Morgan fingerprint density at radius 2 is 2.50 bits per heavy atom. The Hall–Kier alpha value is -1.65. The second-order valence-electron chi connectivity index (χ2n) is 2.70. The van der Waals surface area contributed by atoms with Crippen molar-refractivity contribution < 1.29 is 14.3 Å². The van der Waals surface area contributed by atoms with Gasteiger partial charge in [-0.3, -0.25) is 4.79 Å². The van der Waals surface area contributed by atoms with Crippen LogP contribution in [-0.4, -0.2) is 36.3 Å². The molecule has 5 nitrogen and oxygen atoms in total. The lowest BCUT2D eigenvalue weighted by Crippen LogP contribution is -2.18. The third-order valence-electron chi connectivity index (χ3n) is 1.58. The Balaban J connectivity index is 2.42. The average Bonchev–Trinajstić information content (AvgIpc) is 2.58. The predicted octanol–water partition coefficient (Wildman–Crippen LogP) is 0.960. The van der Waals surface area contributed by atoms with Crippen LogP contribution in [0.25, 0.3) is 0 Å². The van der Waals surface area contributed by atoms with Crippen molar-refractivity contribution in [3.63, 3.8) is 0 Å². The summed E-state index contributed by atoms with van der Waals surface area (Å²) in [7, 11) is 0. The van der Waals surface area contributed by atoms with Crippen molar-refractivity contribution in [2.45, 2.75) is 13.3 Å². The Labute approximate surface area is 82.0 Å². The number of allylic oxidation sites excluding steroid dienone is 2. The lowest BCUT2D eigenvalue weighted by Gasteiger charge is -2.01. The number of ether oxygens (including phenoxy) is 1. The number of nitrogens with zero attached hydrogens (tertiary/aromatic N) is 2. The molecule has 1 saturated heterocycles. The van der Waals surface area contributed by atoms with Crippen LogP contribution in [0.15, 0.2) is 17.3 Å². The molecule has 1 aliphatic rings. The fraction of sp³-hybridized carbons (Fsp3) is 0.444. The summed E-state index contributed by atoms with van der Waals surface area (Å²) in [6.07, 6.45) is 4.56. The van der Waals surface area contributed by atoms with E-state index in [1.165, 1.54) is 6.08 Å². The summed E-state index contributed by atoms with van der Waals surface area (Å²) >= 11 is 0. The molecule has 76 valence electrons. The molecule has 0 N–H and O–H groups in total. The number of hydrogen-bond donors (Lipinski definition) is 0. The third kappa shape index (κ3) is 3.01. The zero-order chi connectivity index (χ0) is 10.4. The molecule has 0 spiro atoms. The minimum atomic E-state index is -0.506. The Morgan fingerprint density at radius 1 is 1.71 bits per heavy atom. The summed E-state index contributed by atoms with van der Waals surface area (Å²) in [6, 6.07) is 0. The van der Waals surface area contributed by atoms with Gasteiger partial charge in [0, 0.05) is 0 Å². The van der Waals surface area contributed by atoms with Crippen LogP contribution in [0.2, 0.25) is 0 Å². The number of cyclic esters (lactones) is 1. The molecule has 0 aliphatic carbocycles. The molecule has 0 saturated carbocycles. The van der Waals surface area contributed by atoms with Crippen molar-refractivity contribution in [2.24, 2.45) is 5.10 Å². The summed E-state index contributed by atoms with van der Waals surface area (Å²) in [5.74, 6) is -0.230. The summed E-state index contributed by atoms with van der Waals surface area (Å²) in [5, 5.41) is 4.81. The predicted molar refractivity (Wildman–Crippen MR) is 51.0 cm³/mol. The summed E-state index contributed by atoms with van der Waals surface area (Å²) in [6.45, 7) is 2.66. The number of hydrazone groups is 1. The minimum absolute atomic E-state index is 0.230. The Kier molecular flexibility index (Phi) is 3.84. The molecule has 5 heteroatoms. The van der Waals surface area contributed by atoms with Gasteiger partial charge in [-0.1, -0.05) is 13.0 Å². The van der Waals surface area contributed by atoms with Crippen molar-refractivity contribution in [1.82, 2.24) is 5.01 Å². The monoisotopic (exact) mass is 196 g/mol. The Bertz CT molecular complexity index is 284. The molecule has 1 heterocycles. The maximum atomic E-state index is 11.1. The fourth-order valence-corrected chi connectivity index (χ4v) is 0.894. The molecule has 0 atom stereocenters. The molecule has 1 aliphatic heterocycles. The van der Waals surface area contributed by atoms with Gasteiger partial charge in [0.2, 0.25) is 0 Å². The van der Waals surface area contributed by atoms with Crippen LogP contribution in [0.1, 0.15) is 13.3 Å². The standard InChI is InChI=1S/C9H12N2O3/c1-2-3-4-8(12)7-10-11-5-6-14-9(11)13/h3-4,7H,2,5-6H2,1H3/b4-3+,10-7+. The number of rotatable bonds is 4. The van der Waals surface area contributed by atoms with Gasteiger partial charge in [-0.05, 0) is 12.5 Å². The molecule has 0 aromatic carbocycles. The van der Waals surface area contributed by atoms with Crippen molar-refractivity contribution in [3.8, 4) is 0 Å². The topological polar surface area (TPSA) is 59.0 Å². The van der Waals surface area contributed by atoms with Crippen molar-refractivity contribution in [2.75, 3.05) is 13.2 Å². The van der Waals surface area contributed by atoms with E-state index >= 15 is 0 Å². The third-order valence-corrected chi connectivity index (χ3v) is 1.58. The Morgan fingerprint density at radius 3 is 3.07 bits per heavy atom. The van der Waals surface area contributed by atoms with E-state index < -0.39 is 6.09 Å². The lowest BCUT2D eigenvalue weighted by atomic mass is 10.3.